The SMILES string of the molecule is Cn1nccc1-c1cc(C(=O)O)n2nccc2n1. The highest BCUT2D eigenvalue weighted by Gasteiger charge is 2.14. The van der Waals surface area contributed by atoms with Gasteiger partial charge in [-0.3, -0.25) is 4.68 Å². The van der Waals surface area contributed by atoms with Gasteiger partial charge in [-0.05, 0) is 12.1 Å². The van der Waals surface area contributed by atoms with E-state index in [1.807, 2.05) is 0 Å². The highest BCUT2D eigenvalue weighted by Crippen LogP contribution is 2.18. The van der Waals surface area contributed by atoms with Crippen LogP contribution in [0.2, 0.25) is 0 Å². The molecule has 0 amide bonds. The van der Waals surface area contributed by atoms with E-state index in [4.69, 9.17) is 0 Å². The average Bonchev–Trinajstić information content (AvgIpc) is 2.95. The van der Waals surface area contributed by atoms with E-state index in [-0.39, 0.29) is 5.69 Å². The van der Waals surface area contributed by atoms with Gasteiger partial charge in [-0.25, -0.2) is 14.3 Å². The van der Waals surface area contributed by atoms with Crippen LogP contribution in [0.5, 0.6) is 0 Å². The predicted molar refractivity (Wildman–Crippen MR) is 62.1 cm³/mol. The maximum Gasteiger partial charge on any atom is 0.354 e. The lowest BCUT2D eigenvalue weighted by atomic mass is 10.2. The molecule has 0 unspecified atom stereocenters. The number of carboxylic acid groups (broad SMARTS) is 1. The lowest BCUT2D eigenvalue weighted by Crippen LogP contribution is -2.08. The van der Waals surface area contributed by atoms with Crippen LogP contribution >= 0.6 is 0 Å². The van der Waals surface area contributed by atoms with Crippen molar-refractivity contribution in [1.82, 2.24) is 24.4 Å². The summed E-state index contributed by atoms with van der Waals surface area (Å²) in [7, 11) is 1.78. The first kappa shape index (κ1) is 10.5. The summed E-state index contributed by atoms with van der Waals surface area (Å²) in [6.45, 7) is 0. The molecule has 0 spiro atoms. The molecule has 3 heterocycles. The van der Waals surface area contributed by atoms with Gasteiger partial charge >= 0.3 is 5.97 Å². The predicted octanol–water partition coefficient (Wildman–Crippen LogP) is 0.828. The van der Waals surface area contributed by atoms with Crippen LogP contribution in [-0.2, 0) is 7.05 Å². The molecule has 3 aromatic rings. The fourth-order valence-corrected chi connectivity index (χ4v) is 1.82. The molecule has 1 N–H and O–H groups in total. The molecule has 0 atom stereocenters. The molecular weight excluding hydrogens is 234 g/mol. The maximum absolute atomic E-state index is 11.2. The van der Waals surface area contributed by atoms with E-state index in [1.54, 1.807) is 30.1 Å². The van der Waals surface area contributed by atoms with Crippen molar-refractivity contribution in [2.45, 2.75) is 0 Å². The quantitative estimate of drug-likeness (QED) is 0.720. The lowest BCUT2D eigenvalue weighted by Gasteiger charge is -2.05. The minimum Gasteiger partial charge on any atom is -0.477 e. The van der Waals surface area contributed by atoms with Crippen LogP contribution in [0, 0.1) is 0 Å². The topological polar surface area (TPSA) is 85.3 Å². The second kappa shape index (κ2) is 3.66. The number of nitrogens with zero attached hydrogens (tertiary/aromatic N) is 5. The second-order valence-corrected chi connectivity index (χ2v) is 3.77. The molecule has 0 saturated carbocycles. The molecule has 3 rings (SSSR count). The van der Waals surface area contributed by atoms with Crippen LogP contribution in [0.25, 0.3) is 17.0 Å². The number of aryl methyl sites for hydroxylation is 1. The van der Waals surface area contributed by atoms with E-state index in [1.165, 1.54) is 16.8 Å². The van der Waals surface area contributed by atoms with Gasteiger partial charge in [0.2, 0.25) is 0 Å². The van der Waals surface area contributed by atoms with Gasteiger partial charge in [-0.2, -0.15) is 10.2 Å². The molecule has 0 aromatic carbocycles. The van der Waals surface area contributed by atoms with Crippen molar-refractivity contribution in [3.63, 3.8) is 0 Å². The van der Waals surface area contributed by atoms with Crippen molar-refractivity contribution in [3.05, 3.63) is 36.3 Å². The first-order valence-corrected chi connectivity index (χ1v) is 5.23. The van der Waals surface area contributed by atoms with Crippen molar-refractivity contribution < 1.29 is 9.90 Å². The molecule has 0 radical (unpaired) electrons. The smallest absolute Gasteiger partial charge is 0.354 e. The third-order valence-corrected chi connectivity index (χ3v) is 2.66. The molecule has 3 aromatic heterocycles. The van der Waals surface area contributed by atoms with Crippen LogP contribution in [0.4, 0.5) is 0 Å². The Morgan fingerprint density at radius 1 is 1.28 bits per heavy atom. The summed E-state index contributed by atoms with van der Waals surface area (Å²) < 4.78 is 2.93. The Balaban J connectivity index is 2.32. The van der Waals surface area contributed by atoms with Crippen LogP contribution in [0.3, 0.4) is 0 Å². The van der Waals surface area contributed by atoms with Crippen LogP contribution in [0.1, 0.15) is 10.5 Å². The minimum atomic E-state index is -1.05. The first-order chi connectivity index (χ1) is 8.66. The summed E-state index contributed by atoms with van der Waals surface area (Å²) in [5.74, 6) is -1.05. The van der Waals surface area contributed by atoms with E-state index in [2.05, 4.69) is 15.2 Å². The molecule has 90 valence electrons. The normalized spacial score (nSPS) is 10.9. The first-order valence-electron chi connectivity index (χ1n) is 5.23. The van der Waals surface area contributed by atoms with Crippen molar-refractivity contribution in [1.29, 1.82) is 0 Å². The minimum absolute atomic E-state index is 0.0706. The van der Waals surface area contributed by atoms with Gasteiger partial charge in [-0.15, -0.1) is 0 Å². The molecule has 0 fully saturated rings. The van der Waals surface area contributed by atoms with Crippen molar-refractivity contribution >= 4 is 11.6 Å². The number of aromatic carboxylic acids is 1. The van der Waals surface area contributed by atoms with Gasteiger partial charge in [0.25, 0.3) is 0 Å². The summed E-state index contributed by atoms with van der Waals surface area (Å²) in [6.07, 6.45) is 3.15. The molecule has 18 heavy (non-hydrogen) atoms. The standard InChI is InChI=1S/C11H9N5O2/c1-15-8(2-4-12-15)7-6-9(11(17)18)16-10(14-7)3-5-13-16/h2-6H,1H3,(H,17,18). The van der Waals surface area contributed by atoms with Crippen molar-refractivity contribution in [2.24, 2.45) is 7.05 Å². The van der Waals surface area contributed by atoms with E-state index >= 15 is 0 Å². The number of rotatable bonds is 2. The highest BCUT2D eigenvalue weighted by molar-refractivity contribution is 5.87. The zero-order valence-corrected chi connectivity index (χ0v) is 9.48. The molecule has 0 aliphatic rings. The fraction of sp³-hybridized carbons (Fsp3) is 0.0909. The van der Waals surface area contributed by atoms with E-state index in [9.17, 15) is 9.90 Å². The third kappa shape index (κ3) is 1.45. The molecule has 0 aliphatic heterocycles. The molecule has 0 aliphatic carbocycles. The number of hydrogen-bond acceptors (Lipinski definition) is 4. The van der Waals surface area contributed by atoms with Gasteiger partial charge < -0.3 is 5.11 Å². The largest absolute Gasteiger partial charge is 0.477 e. The van der Waals surface area contributed by atoms with E-state index in [0.717, 1.165) is 5.69 Å². The van der Waals surface area contributed by atoms with Gasteiger partial charge in [0.1, 0.15) is 0 Å². The Labute approximate surface area is 101 Å². The number of aromatic nitrogens is 5. The zero-order valence-electron chi connectivity index (χ0n) is 9.48. The molecule has 7 heteroatoms. The number of carbonyl (C=O) groups is 1. The Kier molecular flexibility index (Phi) is 2.12. The monoisotopic (exact) mass is 243 g/mol. The van der Waals surface area contributed by atoms with Gasteiger partial charge in [0.15, 0.2) is 11.3 Å². The summed E-state index contributed by atoms with van der Waals surface area (Å²) in [5.41, 5.74) is 1.87. The molecule has 0 saturated heterocycles. The summed E-state index contributed by atoms with van der Waals surface area (Å²) in [4.78, 5) is 15.6. The Bertz CT molecular complexity index is 743. The summed E-state index contributed by atoms with van der Waals surface area (Å²) >= 11 is 0. The Morgan fingerprint density at radius 3 is 2.72 bits per heavy atom. The molecule has 0 bridgehead atoms. The maximum atomic E-state index is 11.2. The average molecular weight is 243 g/mol. The zero-order chi connectivity index (χ0) is 12.7. The van der Waals surface area contributed by atoms with E-state index < -0.39 is 5.97 Å². The fourth-order valence-electron chi connectivity index (χ4n) is 1.82. The Morgan fingerprint density at radius 2 is 2.06 bits per heavy atom. The second-order valence-electron chi connectivity index (χ2n) is 3.77. The highest BCUT2D eigenvalue weighted by atomic mass is 16.4. The van der Waals surface area contributed by atoms with Crippen LogP contribution in [0.15, 0.2) is 30.6 Å². The summed E-state index contributed by atoms with van der Waals surface area (Å²) in [6, 6.07) is 4.92. The van der Waals surface area contributed by atoms with Crippen molar-refractivity contribution in [3.8, 4) is 11.4 Å². The van der Waals surface area contributed by atoms with E-state index in [0.29, 0.717) is 11.3 Å². The molecule has 7 nitrogen and oxygen atoms in total. The van der Waals surface area contributed by atoms with Gasteiger partial charge in [0.05, 0.1) is 17.6 Å². The van der Waals surface area contributed by atoms with Crippen LogP contribution in [-0.4, -0.2) is 35.5 Å². The van der Waals surface area contributed by atoms with Gasteiger partial charge in [-0.1, -0.05) is 0 Å². The number of carboxylic acids is 1. The third-order valence-electron chi connectivity index (χ3n) is 2.66. The molecular formula is C11H9N5O2. The Hall–Kier alpha value is -2.70. The van der Waals surface area contributed by atoms with Crippen LogP contribution < -0.4 is 0 Å². The van der Waals surface area contributed by atoms with Crippen molar-refractivity contribution in [2.75, 3.05) is 0 Å². The lowest BCUT2D eigenvalue weighted by molar-refractivity contribution is 0.0687. The summed E-state index contributed by atoms with van der Waals surface area (Å²) in [5, 5.41) is 17.2. The number of fused-ring (bicyclic) bond motifs is 1. The number of hydrogen-bond donors (Lipinski definition) is 1. The van der Waals surface area contributed by atoms with Gasteiger partial charge in [0, 0.05) is 19.3 Å².